The number of hydrogen-bond acceptors (Lipinski definition) is 7. The van der Waals surface area contributed by atoms with Crippen LogP contribution in [0.4, 0.5) is 0 Å². The SMILES string of the molecule is COCCCCOc1ccccc1C(=O)NC[C@@H](C[C@H](N)[C@@H](O)C[C@@H](C(=O)NCC1CCC(=O)N1)C(C)C)C(C)C.Cl. The molecule has 1 saturated heterocycles. The van der Waals surface area contributed by atoms with Crippen LogP contribution in [0.15, 0.2) is 24.3 Å². The number of carbonyl (C=O) groups excluding carboxylic acids is 3. The van der Waals surface area contributed by atoms with E-state index in [0.29, 0.717) is 56.9 Å². The molecule has 0 saturated carbocycles. The van der Waals surface area contributed by atoms with Gasteiger partial charge in [-0.2, -0.15) is 0 Å². The van der Waals surface area contributed by atoms with E-state index in [1.807, 2.05) is 26.0 Å². The lowest BCUT2D eigenvalue weighted by Gasteiger charge is -2.30. The number of para-hydroxylation sites is 1. The van der Waals surface area contributed by atoms with Crippen LogP contribution in [0.1, 0.15) is 76.6 Å². The number of amides is 3. The fourth-order valence-electron chi connectivity index (χ4n) is 5.03. The summed E-state index contributed by atoms with van der Waals surface area (Å²) < 4.78 is 10.9. The maximum Gasteiger partial charge on any atom is 0.255 e. The first kappa shape index (κ1) is 37.6. The van der Waals surface area contributed by atoms with Gasteiger partial charge in [-0.3, -0.25) is 14.4 Å². The Morgan fingerprint density at radius 2 is 1.76 bits per heavy atom. The van der Waals surface area contributed by atoms with E-state index in [-0.39, 0.29) is 60.3 Å². The molecule has 10 nitrogen and oxygen atoms in total. The highest BCUT2D eigenvalue weighted by molar-refractivity contribution is 5.96. The molecule has 0 spiro atoms. The van der Waals surface area contributed by atoms with Gasteiger partial charge in [-0.15, -0.1) is 12.4 Å². The molecule has 1 aromatic rings. The number of methoxy groups -OCH3 is 1. The molecule has 1 fully saturated rings. The maximum atomic E-state index is 13.1. The Morgan fingerprint density at radius 3 is 2.38 bits per heavy atom. The second-order valence-electron chi connectivity index (χ2n) is 11.9. The van der Waals surface area contributed by atoms with Crippen molar-refractivity contribution in [1.82, 2.24) is 16.0 Å². The second kappa shape index (κ2) is 19.7. The molecule has 11 heteroatoms. The Balaban J connectivity index is 0.00000882. The van der Waals surface area contributed by atoms with Gasteiger partial charge in [0.1, 0.15) is 5.75 Å². The first-order chi connectivity index (χ1) is 19.5. The number of carbonyl (C=O) groups is 3. The first-order valence-corrected chi connectivity index (χ1v) is 15.0. The van der Waals surface area contributed by atoms with Gasteiger partial charge in [-0.25, -0.2) is 0 Å². The molecule has 1 aliphatic rings. The molecule has 6 N–H and O–H groups in total. The second-order valence-corrected chi connectivity index (χ2v) is 11.9. The molecule has 0 radical (unpaired) electrons. The maximum absolute atomic E-state index is 13.1. The van der Waals surface area contributed by atoms with Crippen molar-refractivity contribution in [3.63, 3.8) is 0 Å². The fraction of sp³-hybridized carbons (Fsp3) is 0.710. The third-order valence-corrected chi connectivity index (χ3v) is 7.91. The van der Waals surface area contributed by atoms with Crippen LogP contribution in [-0.4, -0.2) is 74.4 Å². The van der Waals surface area contributed by atoms with E-state index in [0.717, 1.165) is 12.8 Å². The predicted molar refractivity (Wildman–Crippen MR) is 167 cm³/mol. The minimum absolute atomic E-state index is 0. The number of benzene rings is 1. The zero-order valence-electron chi connectivity index (χ0n) is 25.9. The molecule has 42 heavy (non-hydrogen) atoms. The monoisotopic (exact) mass is 612 g/mol. The molecule has 2 rings (SSSR count). The fourth-order valence-corrected chi connectivity index (χ4v) is 5.03. The lowest BCUT2D eigenvalue weighted by molar-refractivity contribution is -0.128. The lowest BCUT2D eigenvalue weighted by atomic mass is 9.83. The van der Waals surface area contributed by atoms with Gasteiger partial charge in [0.15, 0.2) is 0 Å². The lowest BCUT2D eigenvalue weighted by Crippen LogP contribution is -2.45. The van der Waals surface area contributed by atoms with Crippen molar-refractivity contribution in [2.45, 2.75) is 84.4 Å². The van der Waals surface area contributed by atoms with Crippen LogP contribution in [0, 0.1) is 23.7 Å². The van der Waals surface area contributed by atoms with Gasteiger partial charge >= 0.3 is 0 Å². The van der Waals surface area contributed by atoms with Crippen molar-refractivity contribution >= 4 is 30.1 Å². The van der Waals surface area contributed by atoms with Gasteiger partial charge in [0, 0.05) is 51.2 Å². The van der Waals surface area contributed by atoms with Crippen LogP contribution in [-0.2, 0) is 14.3 Å². The van der Waals surface area contributed by atoms with E-state index in [4.69, 9.17) is 15.2 Å². The molecule has 1 aliphatic heterocycles. The van der Waals surface area contributed by atoms with Gasteiger partial charge in [0.05, 0.1) is 18.3 Å². The van der Waals surface area contributed by atoms with Crippen molar-refractivity contribution in [2.24, 2.45) is 29.4 Å². The number of ether oxygens (including phenoxy) is 2. The van der Waals surface area contributed by atoms with Gasteiger partial charge in [0.2, 0.25) is 11.8 Å². The molecule has 0 bridgehead atoms. The quantitative estimate of drug-likeness (QED) is 0.151. The number of aliphatic hydroxyl groups is 1. The Morgan fingerprint density at radius 1 is 1.07 bits per heavy atom. The summed E-state index contributed by atoms with van der Waals surface area (Å²) in [6.45, 7) is 10.00. The molecule has 1 heterocycles. The van der Waals surface area contributed by atoms with Crippen LogP contribution in [0.5, 0.6) is 5.75 Å². The van der Waals surface area contributed by atoms with Gasteiger partial charge in [-0.1, -0.05) is 39.8 Å². The molecule has 3 amide bonds. The van der Waals surface area contributed by atoms with E-state index in [9.17, 15) is 19.5 Å². The largest absolute Gasteiger partial charge is 0.493 e. The van der Waals surface area contributed by atoms with E-state index in [1.165, 1.54) is 0 Å². The van der Waals surface area contributed by atoms with Gasteiger partial charge < -0.3 is 36.3 Å². The van der Waals surface area contributed by atoms with Gasteiger partial charge in [-0.05, 0) is 62.0 Å². The summed E-state index contributed by atoms with van der Waals surface area (Å²) in [4.78, 5) is 37.4. The zero-order valence-corrected chi connectivity index (χ0v) is 26.7. The highest BCUT2D eigenvalue weighted by Gasteiger charge is 2.31. The van der Waals surface area contributed by atoms with Crippen LogP contribution < -0.4 is 26.4 Å². The topological polar surface area (TPSA) is 152 Å². The molecular formula is C31H53ClN4O6. The standard InChI is InChI=1S/C31H52N4O6.ClH/c1-20(2)22(18-33-30(38)24-10-6-7-11-28(24)41-15-9-8-14-40-5)16-26(32)27(36)17-25(21(3)4)31(39)34-19-23-12-13-29(37)35-23;/h6-7,10-11,20-23,25-27,36H,8-9,12-19,32H2,1-5H3,(H,33,38)(H,34,39)(H,35,37);1H/t22-,23?,25-,26+,27+;/m1./s1. The van der Waals surface area contributed by atoms with Crippen molar-refractivity contribution in [1.29, 1.82) is 0 Å². The normalized spacial score (nSPS) is 17.6. The van der Waals surface area contributed by atoms with Crippen LogP contribution in [0.25, 0.3) is 0 Å². The van der Waals surface area contributed by atoms with E-state index < -0.39 is 18.1 Å². The average molecular weight is 613 g/mol. The van der Waals surface area contributed by atoms with E-state index in [1.54, 1.807) is 19.2 Å². The molecule has 0 aliphatic carbocycles. The Hall–Kier alpha value is -2.40. The summed E-state index contributed by atoms with van der Waals surface area (Å²) >= 11 is 0. The number of nitrogens with one attached hydrogen (secondary N) is 3. The number of nitrogens with two attached hydrogens (primary N) is 1. The summed E-state index contributed by atoms with van der Waals surface area (Å²) in [5, 5.41) is 19.8. The molecule has 1 aromatic carbocycles. The van der Waals surface area contributed by atoms with Crippen LogP contribution in [0.3, 0.4) is 0 Å². The number of hydrogen-bond donors (Lipinski definition) is 5. The van der Waals surface area contributed by atoms with E-state index in [2.05, 4.69) is 29.8 Å². The van der Waals surface area contributed by atoms with E-state index >= 15 is 0 Å². The molecule has 0 aromatic heterocycles. The summed E-state index contributed by atoms with van der Waals surface area (Å²) in [6, 6.07) is 6.60. The van der Waals surface area contributed by atoms with Gasteiger partial charge in [0.25, 0.3) is 5.91 Å². The zero-order chi connectivity index (χ0) is 30.4. The molecule has 1 unspecified atom stereocenters. The molecule has 240 valence electrons. The third-order valence-electron chi connectivity index (χ3n) is 7.91. The molecule has 5 atom stereocenters. The summed E-state index contributed by atoms with van der Waals surface area (Å²) in [7, 11) is 1.67. The van der Waals surface area contributed by atoms with Crippen molar-refractivity contribution < 1.29 is 29.0 Å². The number of rotatable bonds is 19. The summed E-state index contributed by atoms with van der Waals surface area (Å²) in [6.07, 6.45) is 2.77. The van der Waals surface area contributed by atoms with Crippen molar-refractivity contribution in [2.75, 3.05) is 33.4 Å². The number of halogens is 1. The number of aliphatic hydroxyl groups excluding tert-OH is 1. The Kier molecular flexibility index (Phi) is 17.7. The number of unbranched alkanes of at least 4 members (excludes halogenated alkanes) is 1. The minimum Gasteiger partial charge on any atom is -0.493 e. The minimum atomic E-state index is -0.872. The first-order valence-electron chi connectivity index (χ1n) is 15.0. The smallest absolute Gasteiger partial charge is 0.255 e. The third kappa shape index (κ3) is 12.9. The summed E-state index contributed by atoms with van der Waals surface area (Å²) in [5.41, 5.74) is 6.93. The van der Waals surface area contributed by atoms with Crippen LogP contribution >= 0.6 is 12.4 Å². The predicted octanol–water partition coefficient (Wildman–Crippen LogP) is 3.05. The summed E-state index contributed by atoms with van der Waals surface area (Å²) in [5.74, 6) is 0.0487. The molecular weight excluding hydrogens is 560 g/mol. The van der Waals surface area contributed by atoms with Crippen molar-refractivity contribution in [3.05, 3.63) is 29.8 Å². The average Bonchev–Trinajstić information content (AvgIpc) is 3.36. The van der Waals surface area contributed by atoms with Crippen LogP contribution in [0.2, 0.25) is 0 Å². The highest BCUT2D eigenvalue weighted by Crippen LogP contribution is 2.24. The van der Waals surface area contributed by atoms with Crippen molar-refractivity contribution in [3.8, 4) is 5.75 Å². The Bertz CT molecular complexity index is 963. The Labute approximate surface area is 257 Å². The highest BCUT2D eigenvalue weighted by atomic mass is 35.5.